The molecule has 0 aliphatic rings. The number of Topliss-reactive ketones (excluding diaryl/α,β-unsaturated/α-hetero) is 1. The van der Waals surface area contributed by atoms with Crippen molar-refractivity contribution in [3.05, 3.63) is 0 Å². The molecule has 0 aliphatic heterocycles. The molecule has 0 unspecified atom stereocenters. The molecule has 0 saturated carbocycles. The van der Waals surface area contributed by atoms with Gasteiger partial charge in [-0.25, -0.2) is 0 Å². The number of carbonyl (C=O) groups is 3. The van der Waals surface area contributed by atoms with E-state index in [0.29, 0.717) is 6.42 Å². The van der Waals surface area contributed by atoms with Crippen LogP contribution in [0.1, 0.15) is 39.0 Å². The SMILES string of the molecule is CCCCCCC(=O)C(=O)NCC(=O)O. The summed E-state index contributed by atoms with van der Waals surface area (Å²) in [4.78, 5) is 32.2. The molecule has 0 saturated heterocycles. The average Bonchev–Trinajstić information content (AvgIpc) is 2.20. The zero-order valence-electron chi connectivity index (χ0n) is 8.91. The summed E-state index contributed by atoms with van der Waals surface area (Å²) in [6.45, 7) is 1.56. The van der Waals surface area contributed by atoms with Gasteiger partial charge in [-0.05, 0) is 6.42 Å². The van der Waals surface area contributed by atoms with Gasteiger partial charge < -0.3 is 10.4 Å². The minimum absolute atomic E-state index is 0.200. The van der Waals surface area contributed by atoms with Gasteiger partial charge in [0.25, 0.3) is 5.91 Å². The molecule has 5 heteroatoms. The van der Waals surface area contributed by atoms with Crippen molar-refractivity contribution >= 4 is 17.7 Å². The molecule has 0 aromatic carbocycles. The largest absolute Gasteiger partial charge is 0.480 e. The van der Waals surface area contributed by atoms with E-state index < -0.39 is 24.2 Å². The number of unbranched alkanes of at least 4 members (excludes halogenated alkanes) is 3. The van der Waals surface area contributed by atoms with Gasteiger partial charge in [0.05, 0.1) is 0 Å². The van der Waals surface area contributed by atoms with Gasteiger partial charge in [-0.1, -0.05) is 26.2 Å². The van der Waals surface area contributed by atoms with Crippen molar-refractivity contribution in [3.8, 4) is 0 Å². The summed E-state index contributed by atoms with van der Waals surface area (Å²) in [5.41, 5.74) is 0. The second-order valence-corrected chi connectivity index (χ2v) is 3.31. The maximum absolute atomic E-state index is 11.1. The summed E-state index contributed by atoms with van der Waals surface area (Å²) in [6, 6.07) is 0. The van der Waals surface area contributed by atoms with Crippen LogP contribution in [0, 0.1) is 0 Å². The molecule has 0 spiro atoms. The van der Waals surface area contributed by atoms with Gasteiger partial charge >= 0.3 is 5.97 Å². The lowest BCUT2D eigenvalue weighted by atomic mass is 10.1. The van der Waals surface area contributed by atoms with E-state index in [1.165, 1.54) is 0 Å². The number of rotatable bonds is 8. The van der Waals surface area contributed by atoms with Crippen molar-refractivity contribution in [1.29, 1.82) is 0 Å². The van der Waals surface area contributed by atoms with Gasteiger partial charge in [0, 0.05) is 6.42 Å². The van der Waals surface area contributed by atoms with E-state index in [0.717, 1.165) is 19.3 Å². The fourth-order valence-electron chi connectivity index (χ4n) is 1.08. The van der Waals surface area contributed by atoms with Crippen LogP contribution in [0.2, 0.25) is 0 Å². The van der Waals surface area contributed by atoms with Crippen molar-refractivity contribution in [1.82, 2.24) is 5.32 Å². The van der Waals surface area contributed by atoms with Gasteiger partial charge in [-0.2, -0.15) is 0 Å². The zero-order chi connectivity index (χ0) is 11.7. The van der Waals surface area contributed by atoms with Crippen LogP contribution in [0.3, 0.4) is 0 Å². The van der Waals surface area contributed by atoms with Crippen LogP contribution in [0.25, 0.3) is 0 Å². The summed E-state index contributed by atoms with van der Waals surface area (Å²) >= 11 is 0. The molecule has 0 fully saturated rings. The summed E-state index contributed by atoms with van der Waals surface area (Å²) < 4.78 is 0. The number of carboxylic acid groups (broad SMARTS) is 1. The van der Waals surface area contributed by atoms with Crippen molar-refractivity contribution in [2.24, 2.45) is 0 Å². The van der Waals surface area contributed by atoms with Gasteiger partial charge in [0.15, 0.2) is 0 Å². The smallest absolute Gasteiger partial charge is 0.322 e. The number of aliphatic carboxylic acids is 1. The molecule has 86 valence electrons. The second kappa shape index (κ2) is 7.96. The number of amides is 1. The highest BCUT2D eigenvalue weighted by Crippen LogP contribution is 2.02. The Balaban J connectivity index is 3.60. The minimum atomic E-state index is -1.15. The van der Waals surface area contributed by atoms with Crippen LogP contribution in [0.15, 0.2) is 0 Å². The fraction of sp³-hybridized carbons (Fsp3) is 0.700. The van der Waals surface area contributed by atoms with Gasteiger partial charge in [0.2, 0.25) is 5.78 Å². The van der Waals surface area contributed by atoms with Crippen LogP contribution in [0.5, 0.6) is 0 Å². The van der Waals surface area contributed by atoms with Gasteiger partial charge in [-0.3, -0.25) is 14.4 Å². The highest BCUT2D eigenvalue weighted by Gasteiger charge is 2.13. The first-order valence-corrected chi connectivity index (χ1v) is 5.10. The van der Waals surface area contributed by atoms with Crippen LogP contribution in [-0.2, 0) is 14.4 Å². The lowest BCUT2D eigenvalue weighted by Gasteiger charge is -2.01. The summed E-state index contributed by atoms with van der Waals surface area (Å²) in [6.07, 6.45) is 3.93. The molecular weight excluding hydrogens is 198 g/mol. The number of carboxylic acids is 1. The molecule has 0 aromatic rings. The van der Waals surface area contributed by atoms with Crippen LogP contribution in [0.4, 0.5) is 0 Å². The highest BCUT2D eigenvalue weighted by molar-refractivity contribution is 6.36. The molecular formula is C10H17NO4. The number of carbonyl (C=O) groups excluding carboxylic acids is 2. The molecule has 0 aliphatic carbocycles. The number of hydrogen-bond donors (Lipinski definition) is 2. The fourth-order valence-corrected chi connectivity index (χ4v) is 1.08. The monoisotopic (exact) mass is 215 g/mol. The quantitative estimate of drug-likeness (QED) is 0.461. The summed E-state index contributed by atoms with van der Waals surface area (Å²) in [5, 5.41) is 10.3. The zero-order valence-corrected chi connectivity index (χ0v) is 8.91. The molecule has 1 amide bonds. The number of ketones is 1. The van der Waals surface area contributed by atoms with Crippen molar-refractivity contribution < 1.29 is 19.5 Å². The van der Waals surface area contributed by atoms with E-state index >= 15 is 0 Å². The van der Waals surface area contributed by atoms with E-state index in [1.54, 1.807) is 0 Å². The predicted octanol–water partition coefficient (Wildman–Crippen LogP) is 0.727. The Bertz CT molecular complexity index is 238. The van der Waals surface area contributed by atoms with E-state index in [2.05, 4.69) is 6.92 Å². The number of hydrogen-bond acceptors (Lipinski definition) is 3. The maximum Gasteiger partial charge on any atom is 0.322 e. The Morgan fingerprint density at radius 2 is 1.80 bits per heavy atom. The molecule has 0 radical (unpaired) electrons. The van der Waals surface area contributed by atoms with Crippen LogP contribution in [-0.4, -0.2) is 29.3 Å². The Kier molecular flexibility index (Phi) is 7.23. The normalized spacial score (nSPS) is 9.67. The topological polar surface area (TPSA) is 83.5 Å². The third-order valence-corrected chi connectivity index (χ3v) is 1.91. The Hall–Kier alpha value is -1.39. The van der Waals surface area contributed by atoms with Gasteiger partial charge in [0.1, 0.15) is 6.54 Å². The van der Waals surface area contributed by atoms with Gasteiger partial charge in [-0.15, -0.1) is 0 Å². The van der Waals surface area contributed by atoms with Crippen LogP contribution < -0.4 is 5.32 Å². The molecule has 15 heavy (non-hydrogen) atoms. The number of nitrogens with one attached hydrogen (secondary N) is 1. The first kappa shape index (κ1) is 13.6. The third-order valence-electron chi connectivity index (χ3n) is 1.91. The minimum Gasteiger partial charge on any atom is -0.480 e. The van der Waals surface area contributed by atoms with E-state index in [9.17, 15) is 14.4 Å². The lowest BCUT2D eigenvalue weighted by molar-refractivity contribution is -0.141. The molecule has 2 N–H and O–H groups in total. The van der Waals surface area contributed by atoms with Crippen molar-refractivity contribution in [2.75, 3.05) is 6.54 Å². The first-order valence-electron chi connectivity index (χ1n) is 5.10. The molecule has 0 rings (SSSR count). The summed E-state index contributed by atoms with van der Waals surface area (Å²) in [7, 11) is 0. The Labute approximate surface area is 88.9 Å². The van der Waals surface area contributed by atoms with Crippen LogP contribution >= 0.6 is 0 Å². The second-order valence-electron chi connectivity index (χ2n) is 3.31. The lowest BCUT2D eigenvalue weighted by Crippen LogP contribution is -2.34. The molecule has 0 bridgehead atoms. The molecule has 5 nitrogen and oxygen atoms in total. The predicted molar refractivity (Wildman–Crippen MR) is 54.4 cm³/mol. The standard InChI is InChI=1S/C10H17NO4/c1-2-3-4-5-6-8(12)10(15)11-7-9(13)14/h2-7H2,1H3,(H,11,15)(H,13,14). The van der Waals surface area contributed by atoms with E-state index in [4.69, 9.17) is 5.11 Å². The molecule has 0 atom stereocenters. The van der Waals surface area contributed by atoms with Crippen molar-refractivity contribution in [2.45, 2.75) is 39.0 Å². The van der Waals surface area contributed by atoms with Crippen molar-refractivity contribution in [3.63, 3.8) is 0 Å². The first-order chi connectivity index (χ1) is 7.07. The Morgan fingerprint density at radius 1 is 1.13 bits per heavy atom. The molecule has 0 aromatic heterocycles. The van der Waals surface area contributed by atoms with E-state index in [-0.39, 0.29) is 6.42 Å². The third kappa shape index (κ3) is 7.66. The maximum atomic E-state index is 11.1. The van der Waals surface area contributed by atoms with E-state index in [1.807, 2.05) is 5.32 Å². The average molecular weight is 215 g/mol. The molecule has 0 heterocycles. The highest BCUT2D eigenvalue weighted by atomic mass is 16.4. The summed E-state index contributed by atoms with van der Waals surface area (Å²) in [5.74, 6) is -2.48. The Morgan fingerprint density at radius 3 is 2.33 bits per heavy atom.